The lowest BCUT2D eigenvalue weighted by atomic mass is 10.1. The molecule has 2 rings (SSSR count). The lowest BCUT2D eigenvalue weighted by molar-refractivity contribution is 0.507. The Kier molecular flexibility index (Phi) is 4.57. The number of aromatic amines is 1. The third-order valence-corrected chi connectivity index (χ3v) is 3.81. The SMILES string of the molecule is C#CCC(CC)NCc1cn[nH]c1-c1cccs1. The summed E-state index contributed by atoms with van der Waals surface area (Å²) >= 11 is 1.71. The van der Waals surface area contributed by atoms with Crippen LogP contribution in [-0.2, 0) is 6.54 Å². The van der Waals surface area contributed by atoms with E-state index in [0.29, 0.717) is 6.04 Å². The number of thiophene rings is 1. The highest BCUT2D eigenvalue weighted by atomic mass is 32.1. The van der Waals surface area contributed by atoms with E-state index in [2.05, 4.69) is 39.8 Å². The van der Waals surface area contributed by atoms with E-state index in [1.165, 1.54) is 10.4 Å². The number of nitrogens with zero attached hydrogens (tertiary/aromatic N) is 1. The minimum atomic E-state index is 0.376. The van der Waals surface area contributed by atoms with Gasteiger partial charge in [-0.2, -0.15) is 5.10 Å². The fourth-order valence-electron chi connectivity index (χ4n) is 1.84. The maximum absolute atomic E-state index is 5.35. The van der Waals surface area contributed by atoms with Crippen LogP contribution in [0.5, 0.6) is 0 Å². The molecule has 0 saturated heterocycles. The summed E-state index contributed by atoms with van der Waals surface area (Å²) in [6.45, 7) is 2.94. The number of nitrogens with one attached hydrogen (secondary N) is 2. The van der Waals surface area contributed by atoms with Crippen LogP contribution >= 0.6 is 11.3 Å². The number of aromatic nitrogens is 2. The summed E-state index contributed by atoms with van der Waals surface area (Å²) in [5.41, 5.74) is 2.29. The number of H-pyrrole nitrogens is 1. The lowest BCUT2D eigenvalue weighted by Gasteiger charge is -2.13. The second kappa shape index (κ2) is 6.39. The molecule has 0 aliphatic rings. The van der Waals surface area contributed by atoms with Crippen molar-refractivity contribution < 1.29 is 0 Å². The first-order chi connectivity index (χ1) is 8.85. The number of hydrogen-bond acceptors (Lipinski definition) is 3. The molecule has 0 aliphatic heterocycles. The molecule has 0 bridgehead atoms. The summed E-state index contributed by atoms with van der Waals surface area (Å²) < 4.78 is 0. The van der Waals surface area contributed by atoms with E-state index in [1.54, 1.807) is 11.3 Å². The molecule has 1 atom stereocenters. The Morgan fingerprint density at radius 1 is 1.61 bits per heavy atom. The van der Waals surface area contributed by atoms with E-state index in [0.717, 1.165) is 25.1 Å². The molecule has 0 saturated carbocycles. The Hall–Kier alpha value is -1.57. The first kappa shape index (κ1) is 12.9. The first-order valence-electron chi connectivity index (χ1n) is 6.08. The smallest absolute Gasteiger partial charge is 0.0794 e. The van der Waals surface area contributed by atoms with Gasteiger partial charge < -0.3 is 5.32 Å². The molecule has 1 unspecified atom stereocenters. The molecule has 0 radical (unpaired) electrons. The van der Waals surface area contributed by atoms with Gasteiger partial charge in [-0.3, -0.25) is 5.10 Å². The van der Waals surface area contributed by atoms with E-state index in [4.69, 9.17) is 6.42 Å². The van der Waals surface area contributed by atoms with Crippen LogP contribution in [0.15, 0.2) is 23.7 Å². The van der Waals surface area contributed by atoms with Crippen molar-refractivity contribution in [3.63, 3.8) is 0 Å². The normalized spacial score (nSPS) is 12.2. The molecule has 4 heteroatoms. The molecule has 0 fully saturated rings. The standard InChI is InChI=1S/C14H17N3S/c1-3-6-12(4-2)15-9-11-10-16-17-14(11)13-7-5-8-18-13/h1,5,7-8,10,12,15H,4,6,9H2,2H3,(H,16,17). The van der Waals surface area contributed by atoms with Crippen molar-refractivity contribution in [1.82, 2.24) is 15.5 Å². The van der Waals surface area contributed by atoms with Gasteiger partial charge in [-0.15, -0.1) is 23.7 Å². The number of hydrogen-bond donors (Lipinski definition) is 2. The van der Waals surface area contributed by atoms with Gasteiger partial charge in [0, 0.05) is 24.6 Å². The molecule has 2 heterocycles. The van der Waals surface area contributed by atoms with Gasteiger partial charge in [0.1, 0.15) is 0 Å². The maximum Gasteiger partial charge on any atom is 0.0794 e. The third-order valence-electron chi connectivity index (χ3n) is 2.92. The zero-order valence-corrected chi connectivity index (χ0v) is 11.3. The van der Waals surface area contributed by atoms with E-state index < -0.39 is 0 Å². The predicted octanol–water partition coefficient (Wildman–Crippen LogP) is 3.03. The van der Waals surface area contributed by atoms with E-state index in [-0.39, 0.29) is 0 Å². The molecule has 18 heavy (non-hydrogen) atoms. The van der Waals surface area contributed by atoms with Gasteiger partial charge in [0.25, 0.3) is 0 Å². The average molecular weight is 259 g/mol. The highest BCUT2D eigenvalue weighted by Crippen LogP contribution is 2.25. The fourth-order valence-corrected chi connectivity index (χ4v) is 2.59. The van der Waals surface area contributed by atoms with Gasteiger partial charge in [0.15, 0.2) is 0 Å². The van der Waals surface area contributed by atoms with Gasteiger partial charge in [-0.1, -0.05) is 13.0 Å². The van der Waals surface area contributed by atoms with Gasteiger partial charge in [0.2, 0.25) is 0 Å². The Bertz CT molecular complexity index is 507. The summed E-state index contributed by atoms with van der Waals surface area (Å²) in [6.07, 6.45) is 9.04. The maximum atomic E-state index is 5.35. The lowest BCUT2D eigenvalue weighted by Crippen LogP contribution is -2.27. The molecule has 2 aromatic heterocycles. The van der Waals surface area contributed by atoms with Crippen LogP contribution in [0.25, 0.3) is 10.6 Å². The molecule has 0 spiro atoms. The molecule has 94 valence electrons. The van der Waals surface area contributed by atoms with Crippen molar-refractivity contribution in [3.05, 3.63) is 29.3 Å². The Morgan fingerprint density at radius 3 is 3.17 bits per heavy atom. The second-order valence-electron chi connectivity index (χ2n) is 4.14. The molecule has 0 aliphatic carbocycles. The Morgan fingerprint density at radius 2 is 2.50 bits per heavy atom. The highest BCUT2D eigenvalue weighted by molar-refractivity contribution is 7.13. The molecule has 3 nitrogen and oxygen atoms in total. The van der Waals surface area contributed by atoms with Gasteiger partial charge in [0.05, 0.1) is 16.8 Å². The van der Waals surface area contributed by atoms with Crippen LogP contribution in [0, 0.1) is 12.3 Å². The Balaban J connectivity index is 2.03. The summed E-state index contributed by atoms with van der Waals surface area (Å²) in [7, 11) is 0. The zero-order valence-electron chi connectivity index (χ0n) is 10.4. The van der Waals surface area contributed by atoms with Gasteiger partial charge in [-0.25, -0.2) is 0 Å². The van der Waals surface area contributed by atoms with Crippen LogP contribution in [0.2, 0.25) is 0 Å². The number of rotatable bonds is 6. The van der Waals surface area contributed by atoms with Crippen molar-refractivity contribution in [2.45, 2.75) is 32.4 Å². The van der Waals surface area contributed by atoms with E-state index in [9.17, 15) is 0 Å². The third kappa shape index (κ3) is 3.00. The molecular formula is C14H17N3S. The van der Waals surface area contributed by atoms with Crippen LogP contribution in [0.1, 0.15) is 25.3 Å². The predicted molar refractivity (Wildman–Crippen MR) is 76.3 cm³/mol. The summed E-state index contributed by atoms with van der Waals surface area (Å²) in [5, 5.41) is 12.7. The summed E-state index contributed by atoms with van der Waals surface area (Å²) in [5.74, 6) is 2.71. The topological polar surface area (TPSA) is 40.7 Å². The first-order valence-corrected chi connectivity index (χ1v) is 6.96. The van der Waals surface area contributed by atoms with Crippen LogP contribution in [-0.4, -0.2) is 16.2 Å². The van der Waals surface area contributed by atoms with Crippen molar-refractivity contribution >= 4 is 11.3 Å². The van der Waals surface area contributed by atoms with E-state index in [1.807, 2.05) is 12.3 Å². The fraction of sp³-hybridized carbons (Fsp3) is 0.357. The highest BCUT2D eigenvalue weighted by Gasteiger charge is 2.10. The Labute approximate surface area is 112 Å². The van der Waals surface area contributed by atoms with Crippen molar-refractivity contribution in [2.24, 2.45) is 0 Å². The monoisotopic (exact) mass is 259 g/mol. The minimum Gasteiger partial charge on any atom is -0.309 e. The quantitative estimate of drug-likeness (QED) is 0.783. The van der Waals surface area contributed by atoms with Crippen LogP contribution in [0.4, 0.5) is 0 Å². The van der Waals surface area contributed by atoms with Crippen molar-refractivity contribution in [3.8, 4) is 22.9 Å². The van der Waals surface area contributed by atoms with E-state index >= 15 is 0 Å². The number of terminal acetylenes is 1. The summed E-state index contributed by atoms with van der Waals surface area (Å²) in [4.78, 5) is 1.22. The molecule has 2 aromatic rings. The van der Waals surface area contributed by atoms with Crippen molar-refractivity contribution in [2.75, 3.05) is 0 Å². The van der Waals surface area contributed by atoms with Crippen LogP contribution < -0.4 is 5.32 Å². The summed E-state index contributed by atoms with van der Waals surface area (Å²) in [6, 6.07) is 4.52. The molecule has 0 aromatic carbocycles. The molecule has 2 N–H and O–H groups in total. The van der Waals surface area contributed by atoms with Crippen LogP contribution in [0.3, 0.4) is 0 Å². The molecular weight excluding hydrogens is 242 g/mol. The minimum absolute atomic E-state index is 0.376. The average Bonchev–Trinajstić information content (AvgIpc) is 3.04. The van der Waals surface area contributed by atoms with Crippen molar-refractivity contribution in [1.29, 1.82) is 0 Å². The van der Waals surface area contributed by atoms with Gasteiger partial charge in [-0.05, 0) is 17.9 Å². The van der Waals surface area contributed by atoms with Gasteiger partial charge >= 0.3 is 0 Å². The second-order valence-corrected chi connectivity index (χ2v) is 5.09. The largest absolute Gasteiger partial charge is 0.309 e. The molecule has 0 amide bonds. The zero-order chi connectivity index (χ0) is 12.8.